The molecule has 0 saturated carbocycles. The van der Waals surface area contributed by atoms with E-state index >= 15 is 0 Å². The molecule has 0 bridgehead atoms. The second-order valence-electron chi connectivity index (χ2n) is 6.87. The minimum absolute atomic E-state index is 0. The molecule has 0 aromatic carbocycles. The number of hydrogen-bond donors (Lipinski definition) is 2. The Balaban J connectivity index is 0.00000338. The molecule has 1 aromatic rings. The van der Waals surface area contributed by atoms with E-state index in [1.54, 1.807) is 11.3 Å². The molecule has 26 heavy (non-hydrogen) atoms. The van der Waals surface area contributed by atoms with Crippen molar-refractivity contribution in [3.8, 4) is 0 Å². The number of rotatable bonds is 9. The Morgan fingerprint density at radius 3 is 2.42 bits per heavy atom. The first-order valence-corrected chi connectivity index (χ1v) is 10.7. The molecule has 2 rings (SSSR count). The van der Waals surface area contributed by atoms with Crippen LogP contribution in [0.1, 0.15) is 55.6 Å². The monoisotopic (exact) mass is 493 g/mol. The van der Waals surface area contributed by atoms with E-state index in [1.165, 1.54) is 63.2 Å². The average Bonchev–Trinajstić information content (AvgIpc) is 2.86. The number of guanidine groups is 1. The van der Waals surface area contributed by atoms with Gasteiger partial charge in [-0.3, -0.25) is 4.99 Å². The fraction of sp³-hybridized carbons (Fsp3) is 0.789. The third-order valence-corrected chi connectivity index (χ3v) is 5.67. The van der Waals surface area contributed by atoms with E-state index in [4.69, 9.17) is 0 Å². The molecule has 1 saturated heterocycles. The van der Waals surface area contributed by atoms with E-state index in [9.17, 15) is 0 Å². The number of aliphatic imine (C=N–C) groups is 1. The molecule has 0 amide bonds. The molecular formula is C19H36IN5S. The number of halogens is 1. The molecule has 0 spiro atoms. The van der Waals surface area contributed by atoms with Gasteiger partial charge in [-0.2, -0.15) is 0 Å². The van der Waals surface area contributed by atoms with E-state index < -0.39 is 0 Å². The van der Waals surface area contributed by atoms with Crippen molar-refractivity contribution in [2.24, 2.45) is 4.99 Å². The highest BCUT2D eigenvalue weighted by Gasteiger charge is 2.08. The zero-order valence-corrected chi connectivity index (χ0v) is 19.6. The summed E-state index contributed by atoms with van der Waals surface area (Å²) in [5, 5.41) is 10.2. The van der Waals surface area contributed by atoms with Gasteiger partial charge in [0, 0.05) is 31.2 Å². The summed E-state index contributed by atoms with van der Waals surface area (Å²) in [6.45, 7) is 7.79. The van der Waals surface area contributed by atoms with Gasteiger partial charge < -0.3 is 15.5 Å². The fourth-order valence-electron chi connectivity index (χ4n) is 3.22. The predicted molar refractivity (Wildman–Crippen MR) is 124 cm³/mol. The van der Waals surface area contributed by atoms with Crippen molar-refractivity contribution in [3.63, 3.8) is 0 Å². The number of nitrogens with one attached hydrogen (secondary N) is 2. The molecule has 5 nitrogen and oxygen atoms in total. The second-order valence-corrected chi connectivity index (χ2v) is 7.82. The third-order valence-electron chi connectivity index (χ3n) is 4.64. The molecule has 2 heterocycles. The zero-order valence-electron chi connectivity index (χ0n) is 16.4. The lowest BCUT2D eigenvalue weighted by molar-refractivity contribution is 0.282. The lowest BCUT2D eigenvalue weighted by Crippen LogP contribution is -2.39. The van der Waals surface area contributed by atoms with Crippen molar-refractivity contribution in [1.82, 2.24) is 20.5 Å². The number of likely N-dealkylation sites (tertiary alicyclic amines) is 1. The van der Waals surface area contributed by atoms with Crippen molar-refractivity contribution < 1.29 is 0 Å². The molecule has 0 radical (unpaired) electrons. The van der Waals surface area contributed by atoms with Gasteiger partial charge in [0.15, 0.2) is 5.96 Å². The van der Waals surface area contributed by atoms with Crippen LogP contribution in [0.3, 0.4) is 0 Å². The number of unbranched alkanes of at least 4 members (excludes halogenated alkanes) is 1. The van der Waals surface area contributed by atoms with Crippen LogP contribution in [0, 0.1) is 6.92 Å². The molecule has 150 valence electrons. The summed E-state index contributed by atoms with van der Waals surface area (Å²) in [4.78, 5) is 11.4. The summed E-state index contributed by atoms with van der Waals surface area (Å²) in [5.74, 6) is 0.931. The average molecular weight is 494 g/mol. The Bertz CT molecular complexity index is 498. The van der Waals surface area contributed by atoms with Crippen LogP contribution in [0.25, 0.3) is 0 Å². The van der Waals surface area contributed by atoms with Gasteiger partial charge in [0.25, 0.3) is 0 Å². The van der Waals surface area contributed by atoms with E-state index in [1.807, 2.05) is 7.05 Å². The summed E-state index contributed by atoms with van der Waals surface area (Å²) in [6, 6.07) is 0. The summed E-state index contributed by atoms with van der Waals surface area (Å²) in [5.41, 5.74) is 1.14. The Hall–Kier alpha value is -0.410. The molecule has 7 heteroatoms. The largest absolute Gasteiger partial charge is 0.356 e. The molecule has 0 unspecified atom stereocenters. The minimum Gasteiger partial charge on any atom is -0.356 e. The smallest absolute Gasteiger partial charge is 0.190 e. The van der Waals surface area contributed by atoms with Crippen molar-refractivity contribution in [3.05, 3.63) is 16.1 Å². The highest BCUT2D eigenvalue weighted by molar-refractivity contribution is 14.0. The summed E-state index contributed by atoms with van der Waals surface area (Å²) < 4.78 is 0. The van der Waals surface area contributed by atoms with E-state index in [0.29, 0.717) is 0 Å². The Labute approximate surface area is 180 Å². The van der Waals surface area contributed by atoms with Crippen molar-refractivity contribution >= 4 is 41.3 Å². The van der Waals surface area contributed by atoms with Crippen LogP contribution in [-0.2, 0) is 6.42 Å². The van der Waals surface area contributed by atoms with E-state index in [0.717, 1.165) is 37.6 Å². The Morgan fingerprint density at radius 2 is 1.81 bits per heavy atom. The highest BCUT2D eigenvalue weighted by Crippen LogP contribution is 2.11. The molecule has 1 fully saturated rings. The van der Waals surface area contributed by atoms with E-state index in [2.05, 4.69) is 37.8 Å². The van der Waals surface area contributed by atoms with Gasteiger partial charge in [0.05, 0.1) is 5.01 Å². The SMILES string of the molecule is CN=C(NCCCCc1nc(C)cs1)NCCCN1CCCCCC1.I. The Kier molecular flexibility index (Phi) is 13.3. The van der Waals surface area contributed by atoms with Crippen molar-refractivity contribution in [2.75, 3.05) is 39.8 Å². The maximum absolute atomic E-state index is 4.51. The second kappa shape index (κ2) is 14.6. The first kappa shape index (κ1) is 23.6. The standard InChI is InChI=1S/C19H35N5S.HI/c1-17-16-25-18(23-17)10-5-6-11-21-19(20-2)22-12-9-15-24-13-7-3-4-8-14-24;/h16H,3-15H2,1-2H3,(H2,20,21,22);1H. The molecule has 1 aromatic heterocycles. The lowest BCUT2D eigenvalue weighted by Gasteiger charge is -2.20. The van der Waals surface area contributed by atoms with Gasteiger partial charge in [-0.25, -0.2) is 4.98 Å². The van der Waals surface area contributed by atoms with Crippen LogP contribution in [0.15, 0.2) is 10.4 Å². The summed E-state index contributed by atoms with van der Waals surface area (Å²) >= 11 is 1.77. The van der Waals surface area contributed by atoms with Crippen LogP contribution in [0.5, 0.6) is 0 Å². The van der Waals surface area contributed by atoms with Gasteiger partial charge in [0.1, 0.15) is 0 Å². The molecule has 0 aliphatic carbocycles. The maximum atomic E-state index is 4.51. The molecular weight excluding hydrogens is 457 g/mol. The zero-order chi connectivity index (χ0) is 17.7. The quantitative estimate of drug-likeness (QED) is 0.238. The van der Waals surface area contributed by atoms with Gasteiger partial charge in [0.2, 0.25) is 0 Å². The maximum Gasteiger partial charge on any atom is 0.190 e. The summed E-state index contributed by atoms with van der Waals surface area (Å²) in [7, 11) is 1.85. The van der Waals surface area contributed by atoms with Gasteiger partial charge >= 0.3 is 0 Å². The van der Waals surface area contributed by atoms with Gasteiger partial charge in [-0.15, -0.1) is 35.3 Å². The number of thiazole rings is 1. The van der Waals surface area contributed by atoms with Gasteiger partial charge in [-0.05, 0) is 65.1 Å². The molecule has 2 N–H and O–H groups in total. The third kappa shape index (κ3) is 10.1. The van der Waals surface area contributed by atoms with Crippen LogP contribution in [0.2, 0.25) is 0 Å². The predicted octanol–water partition coefficient (Wildman–Crippen LogP) is 3.82. The molecule has 0 atom stereocenters. The van der Waals surface area contributed by atoms with Crippen LogP contribution < -0.4 is 10.6 Å². The van der Waals surface area contributed by atoms with Crippen LogP contribution >= 0.6 is 35.3 Å². The number of aryl methyl sites for hydroxylation is 2. The fourth-order valence-corrected chi connectivity index (χ4v) is 4.03. The topological polar surface area (TPSA) is 52.6 Å². The van der Waals surface area contributed by atoms with Crippen LogP contribution in [-0.4, -0.2) is 55.6 Å². The van der Waals surface area contributed by atoms with Crippen molar-refractivity contribution in [1.29, 1.82) is 0 Å². The first-order valence-electron chi connectivity index (χ1n) is 9.86. The first-order chi connectivity index (χ1) is 12.3. The highest BCUT2D eigenvalue weighted by atomic mass is 127. The normalized spacial score (nSPS) is 16.0. The Morgan fingerprint density at radius 1 is 1.12 bits per heavy atom. The number of aromatic nitrogens is 1. The van der Waals surface area contributed by atoms with Gasteiger partial charge in [-0.1, -0.05) is 12.8 Å². The van der Waals surface area contributed by atoms with Crippen molar-refractivity contribution in [2.45, 2.75) is 58.3 Å². The molecule has 1 aliphatic rings. The lowest BCUT2D eigenvalue weighted by atomic mass is 10.2. The number of hydrogen-bond acceptors (Lipinski definition) is 4. The number of nitrogens with zero attached hydrogens (tertiary/aromatic N) is 3. The van der Waals surface area contributed by atoms with Crippen LogP contribution in [0.4, 0.5) is 0 Å². The van der Waals surface area contributed by atoms with E-state index in [-0.39, 0.29) is 24.0 Å². The molecule has 1 aliphatic heterocycles. The minimum atomic E-state index is 0. The summed E-state index contributed by atoms with van der Waals surface area (Å²) in [6.07, 6.45) is 10.2.